The molecular formula is C18H20ClNO. The molecule has 2 aromatic carbocycles. The minimum atomic E-state index is -0.150. The standard InChI is InChI=1S/C18H20ClNO/c1-11-8-12(4-6-15(11)19)17(20)13-5-7-16-14(9-13)18(2,3)10-21-16/h4-9,17H,10,20H2,1-3H3. The molecule has 1 aliphatic rings. The maximum atomic E-state index is 6.43. The van der Waals surface area contributed by atoms with Crippen LogP contribution in [0.4, 0.5) is 0 Å². The zero-order valence-corrected chi connectivity index (χ0v) is 13.4. The van der Waals surface area contributed by atoms with Gasteiger partial charge in [0.25, 0.3) is 0 Å². The van der Waals surface area contributed by atoms with Gasteiger partial charge in [-0.1, -0.05) is 43.6 Å². The third kappa shape index (κ3) is 2.54. The first-order chi connectivity index (χ1) is 9.88. The molecular weight excluding hydrogens is 282 g/mol. The van der Waals surface area contributed by atoms with Crippen LogP contribution in [-0.4, -0.2) is 6.61 Å². The second-order valence-corrected chi connectivity index (χ2v) is 6.82. The fourth-order valence-electron chi connectivity index (χ4n) is 2.79. The van der Waals surface area contributed by atoms with E-state index >= 15 is 0 Å². The predicted octanol–water partition coefficient (Wildman–Crippen LogP) is 4.37. The van der Waals surface area contributed by atoms with Crippen LogP contribution in [0.25, 0.3) is 0 Å². The highest BCUT2D eigenvalue weighted by molar-refractivity contribution is 6.31. The molecule has 0 amide bonds. The molecule has 0 radical (unpaired) electrons. The molecule has 0 aliphatic carbocycles. The summed E-state index contributed by atoms with van der Waals surface area (Å²) < 4.78 is 5.73. The van der Waals surface area contributed by atoms with Crippen molar-refractivity contribution in [3.05, 3.63) is 63.7 Å². The maximum absolute atomic E-state index is 6.43. The van der Waals surface area contributed by atoms with Crippen molar-refractivity contribution in [3.63, 3.8) is 0 Å². The highest BCUT2D eigenvalue weighted by atomic mass is 35.5. The second-order valence-electron chi connectivity index (χ2n) is 6.41. The minimum Gasteiger partial charge on any atom is -0.492 e. The summed E-state index contributed by atoms with van der Waals surface area (Å²) in [4.78, 5) is 0. The van der Waals surface area contributed by atoms with Crippen molar-refractivity contribution in [2.24, 2.45) is 5.73 Å². The van der Waals surface area contributed by atoms with Crippen molar-refractivity contribution >= 4 is 11.6 Å². The summed E-state index contributed by atoms with van der Waals surface area (Å²) in [5, 5.41) is 0.773. The van der Waals surface area contributed by atoms with Crippen LogP contribution in [0, 0.1) is 6.92 Å². The van der Waals surface area contributed by atoms with Crippen molar-refractivity contribution in [2.45, 2.75) is 32.2 Å². The normalized spacial score (nSPS) is 17.2. The molecule has 2 aromatic rings. The smallest absolute Gasteiger partial charge is 0.123 e. The Morgan fingerprint density at radius 2 is 1.81 bits per heavy atom. The number of hydrogen-bond acceptors (Lipinski definition) is 2. The Morgan fingerprint density at radius 1 is 1.14 bits per heavy atom. The second kappa shape index (κ2) is 5.04. The lowest BCUT2D eigenvalue weighted by molar-refractivity contribution is 0.291. The Kier molecular flexibility index (Phi) is 3.46. The van der Waals surface area contributed by atoms with Gasteiger partial charge >= 0.3 is 0 Å². The Labute approximate surface area is 130 Å². The highest BCUT2D eigenvalue weighted by Gasteiger charge is 2.32. The van der Waals surface area contributed by atoms with Crippen LogP contribution in [0.1, 0.15) is 42.1 Å². The number of fused-ring (bicyclic) bond motifs is 1. The van der Waals surface area contributed by atoms with Crippen molar-refractivity contribution in [3.8, 4) is 5.75 Å². The number of ether oxygens (including phenoxy) is 1. The third-order valence-corrected chi connectivity index (χ3v) is 4.65. The van der Waals surface area contributed by atoms with Gasteiger partial charge in [-0.05, 0) is 41.8 Å². The van der Waals surface area contributed by atoms with Gasteiger partial charge in [-0.25, -0.2) is 0 Å². The molecule has 21 heavy (non-hydrogen) atoms. The minimum absolute atomic E-state index is 0.0426. The van der Waals surface area contributed by atoms with E-state index < -0.39 is 0 Å². The molecule has 1 heterocycles. The lowest BCUT2D eigenvalue weighted by Gasteiger charge is -2.18. The molecule has 2 nitrogen and oxygen atoms in total. The maximum Gasteiger partial charge on any atom is 0.123 e. The lowest BCUT2D eigenvalue weighted by atomic mass is 9.85. The SMILES string of the molecule is Cc1cc(C(N)c2ccc3c(c2)C(C)(C)CO3)ccc1Cl. The Balaban J connectivity index is 1.99. The van der Waals surface area contributed by atoms with Crippen molar-refractivity contribution in [1.82, 2.24) is 0 Å². The van der Waals surface area contributed by atoms with Gasteiger partial charge in [0, 0.05) is 16.0 Å². The van der Waals surface area contributed by atoms with Crippen LogP contribution >= 0.6 is 11.6 Å². The van der Waals surface area contributed by atoms with Gasteiger partial charge in [0.2, 0.25) is 0 Å². The number of hydrogen-bond donors (Lipinski definition) is 1. The fraction of sp³-hybridized carbons (Fsp3) is 0.333. The summed E-state index contributed by atoms with van der Waals surface area (Å²) in [5.41, 5.74) is 10.9. The number of benzene rings is 2. The molecule has 3 rings (SSSR count). The zero-order valence-electron chi connectivity index (χ0n) is 12.6. The van der Waals surface area contributed by atoms with E-state index in [-0.39, 0.29) is 11.5 Å². The van der Waals surface area contributed by atoms with E-state index in [4.69, 9.17) is 22.1 Å². The quantitative estimate of drug-likeness (QED) is 0.894. The van der Waals surface area contributed by atoms with Crippen molar-refractivity contribution in [2.75, 3.05) is 6.61 Å². The summed E-state index contributed by atoms with van der Waals surface area (Å²) in [6, 6.07) is 12.1. The first-order valence-corrected chi connectivity index (χ1v) is 7.55. The van der Waals surface area contributed by atoms with Gasteiger partial charge in [-0.15, -0.1) is 0 Å². The average Bonchev–Trinajstić information content (AvgIpc) is 2.76. The average molecular weight is 302 g/mol. The Hall–Kier alpha value is -1.51. The van der Waals surface area contributed by atoms with E-state index in [1.54, 1.807) is 0 Å². The monoisotopic (exact) mass is 301 g/mol. The molecule has 0 saturated carbocycles. The van der Waals surface area contributed by atoms with Crippen molar-refractivity contribution < 1.29 is 4.74 Å². The molecule has 1 unspecified atom stereocenters. The molecule has 0 aromatic heterocycles. The molecule has 0 bridgehead atoms. The van der Waals surface area contributed by atoms with Crippen LogP contribution in [0.3, 0.4) is 0 Å². The molecule has 1 atom stereocenters. The van der Waals surface area contributed by atoms with Gasteiger partial charge in [0.05, 0.1) is 12.6 Å². The molecule has 0 fully saturated rings. The van der Waals surface area contributed by atoms with Crippen LogP contribution in [0.5, 0.6) is 5.75 Å². The molecule has 3 heteroatoms. The van der Waals surface area contributed by atoms with E-state index in [0.29, 0.717) is 0 Å². The lowest BCUT2D eigenvalue weighted by Crippen LogP contribution is -2.19. The van der Waals surface area contributed by atoms with Crippen LogP contribution in [-0.2, 0) is 5.41 Å². The zero-order chi connectivity index (χ0) is 15.2. The van der Waals surface area contributed by atoms with Gasteiger partial charge in [0.15, 0.2) is 0 Å². The van der Waals surface area contributed by atoms with Gasteiger partial charge in [-0.2, -0.15) is 0 Å². The number of aryl methyl sites for hydroxylation is 1. The first kappa shape index (κ1) is 14.4. The largest absolute Gasteiger partial charge is 0.492 e. The van der Waals surface area contributed by atoms with Crippen molar-refractivity contribution in [1.29, 1.82) is 0 Å². The summed E-state index contributed by atoms with van der Waals surface area (Å²) in [5.74, 6) is 0.975. The summed E-state index contributed by atoms with van der Waals surface area (Å²) in [6.45, 7) is 7.11. The van der Waals surface area contributed by atoms with Gasteiger partial charge in [0.1, 0.15) is 5.75 Å². The summed E-state index contributed by atoms with van der Waals surface area (Å²) >= 11 is 6.09. The Bertz CT molecular complexity index is 694. The van der Waals surface area contributed by atoms with Gasteiger partial charge < -0.3 is 10.5 Å². The molecule has 0 saturated heterocycles. The Morgan fingerprint density at radius 3 is 2.52 bits per heavy atom. The van der Waals surface area contributed by atoms with Crippen LogP contribution in [0.15, 0.2) is 36.4 Å². The molecule has 2 N–H and O–H groups in total. The van der Waals surface area contributed by atoms with E-state index in [9.17, 15) is 0 Å². The first-order valence-electron chi connectivity index (χ1n) is 7.17. The number of nitrogens with two attached hydrogens (primary N) is 1. The van der Waals surface area contributed by atoms with E-state index in [1.165, 1.54) is 5.56 Å². The molecule has 1 aliphatic heterocycles. The van der Waals surface area contributed by atoms with E-state index in [0.717, 1.165) is 34.1 Å². The summed E-state index contributed by atoms with van der Waals surface area (Å²) in [6.07, 6.45) is 0. The highest BCUT2D eigenvalue weighted by Crippen LogP contribution is 2.40. The number of halogens is 1. The van der Waals surface area contributed by atoms with Gasteiger partial charge in [-0.3, -0.25) is 0 Å². The van der Waals surface area contributed by atoms with E-state index in [1.807, 2.05) is 25.1 Å². The summed E-state index contributed by atoms with van der Waals surface area (Å²) in [7, 11) is 0. The van der Waals surface area contributed by atoms with E-state index in [2.05, 4.69) is 32.0 Å². The third-order valence-electron chi connectivity index (χ3n) is 4.22. The van der Waals surface area contributed by atoms with Crippen LogP contribution < -0.4 is 10.5 Å². The number of rotatable bonds is 2. The molecule has 110 valence electrons. The topological polar surface area (TPSA) is 35.2 Å². The molecule has 0 spiro atoms. The van der Waals surface area contributed by atoms with Crippen LogP contribution in [0.2, 0.25) is 5.02 Å². The predicted molar refractivity (Wildman–Crippen MR) is 87.2 cm³/mol. The fourth-order valence-corrected chi connectivity index (χ4v) is 2.90.